The van der Waals surface area contributed by atoms with Gasteiger partial charge in [-0.25, -0.2) is 0 Å². The van der Waals surface area contributed by atoms with Gasteiger partial charge in [0.15, 0.2) is 11.5 Å². The summed E-state index contributed by atoms with van der Waals surface area (Å²) in [5.74, 6) is 0.967. The van der Waals surface area contributed by atoms with E-state index in [4.69, 9.17) is 9.47 Å². The number of carbonyl (C=O) groups excluding carboxylic acids is 1. The highest BCUT2D eigenvalue weighted by molar-refractivity contribution is 5.76. The molecule has 4 nitrogen and oxygen atoms in total. The summed E-state index contributed by atoms with van der Waals surface area (Å²) in [6, 6.07) is 12.1. The topological polar surface area (TPSA) is 47.6 Å². The van der Waals surface area contributed by atoms with Crippen molar-refractivity contribution in [3.63, 3.8) is 0 Å². The molecule has 7 heteroatoms. The molecule has 0 aliphatic carbocycles. The SMILES string of the molecule is COc1ccccc1OCCC(=O)NCCc1ccc(C(F)(F)F)cc1. The maximum absolute atomic E-state index is 12.5. The lowest BCUT2D eigenvalue weighted by molar-refractivity contribution is -0.137. The predicted octanol–water partition coefficient (Wildman–Crippen LogP) is 3.84. The number of carbonyl (C=O) groups is 1. The predicted molar refractivity (Wildman–Crippen MR) is 91.3 cm³/mol. The highest BCUT2D eigenvalue weighted by Crippen LogP contribution is 2.29. The van der Waals surface area contributed by atoms with E-state index in [1.54, 1.807) is 12.1 Å². The van der Waals surface area contributed by atoms with Crippen molar-refractivity contribution in [2.24, 2.45) is 0 Å². The molecule has 0 heterocycles. The number of benzene rings is 2. The van der Waals surface area contributed by atoms with E-state index in [2.05, 4.69) is 5.32 Å². The lowest BCUT2D eigenvalue weighted by atomic mass is 10.1. The first-order valence-corrected chi connectivity index (χ1v) is 8.09. The van der Waals surface area contributed by atoms with Crippen molar-refractivity contribution in [3.8, 4) is 11.5 Å². The zero-order valence-electron chi connectivity index (χ0n) is 14.3. The summed E-state index contributed by atoms with van der Waals surface area (Å²) in [4.78, 5) is 11.8. The molecular weight excluding hydrogens is 347 g/mol. The van der Waals surface area contributed by atoms with Crippen LogP contribution in [0.15, 0.2) is 48.5 Å². The summed E-state index contributed by atoms with van der Waals surface area (Å²) < 4.78 is 48.1. The molecule has 26 heavy (non-hydrogen) atoms. The second kappa shape index (κ2) is 9.12. The van der Waals surface area contributed by atoms with Gasteiger partial charge >= 0.3 is 6.18 Å². The molecule has 0 aromatic heterocycles. The minimum Gasteiger partial charge on any atom is -0.493 e. The third-order valence-electron chi connectivity index (χ3n) is 3.67. The summed E-state index contributed by atoms with van der Waals surface area (Å²) in [7, 11) is 1.54. The Morgan fingerprint density at radius 2 is 1.69 bits per heavy atom. The van der Waals surface area contributed by atoms with E-state index in [1.165, 1.54) is 19.2 Å². The molecule has 0 radical (unpaired) electrons. The molecule has 2 rings (SSSR count). The zero-order valence-corrected chi connectivity index (χ0v) is 14.3. The van der Waals surface area contributed by atoms with Gasteiger partial charge in [-0.2, -0.15) is 13.2 Å². The van der Waals surface area contributed by atoms with Crippen LogP contribution in [-0.4, -0.2) is 26.2 Å². The average molecular weight is 367 g/mol. The first-order chi connectivity index (χ1) is 12.4. The van der Waals surface area contributed by atoms with E-state index >= 15 is 0 Å². The third kappa shape index (κ3) is 5.98. The number of methoxy groups -OCH3 is 1. The molecule has 2 aromatic rings. The number of hydrogen-bond acceptors (Lipinski definition) is 3. The van der Waals surface area contributed by atoms with Crippen molar-refractivity contribution >= 4 is 5.91 Å². The summed E-state index contributed by atoms with van der Waals surface area (Å²) in [6.45, 7) is 0.547. The van der Waals surface area contributed by atoms with Crippen LogP contribution in [0.2, 0.25) is 0 Å². The molecule has 0 aliphatic heterocycles. The number of rotatable bonds is 8. The van der Waals surface area contributed by atoms with Gasteiger partial charge in [-0.3, -0.25) is 4.79 Å². The van der Waals surface area contributed by atoms with Gasteiger partial charge in [0.05, 0.1) is 25.7 Å². The number of nitrogens with one attached hydrogen (secondary N) is 1. The molecular formula is C19H20F3NO3. The molecule has 0 unspecified atom stereocenters. The number of ether oxygens (including phenoxy) is 2. The number of halogens is 3. The van der Waals surface area contributed by atoms with Gasteiger partial charge in [0.1, 0.15) is 0 Å². The molecule has 0 saturated carbocycles. The first kappa shape index (κ1) is 19.6. The quantitative estimate of drug-likeness (QED) is 0.771. The molecule has 2 aromatic carbocycles. The molecule has 0 aliphatic rings. The van der Waals surface area contributed by atoms with Crippen LogP contribution in [0, 0.1) is 0 Å². The molecule has 0 bridgehead atoms. The molecule has 0 saturated heterocycles. The van der Waals surface area contributed by atoms with Crippen LogP contribution in [0.25, 0.3) is 0 Å². The lowest BCUT2D eigenvalue weighted by Gasteiger charge is -2.10. The Morgan fingerprint density at radius 1 is 1.04 bits per heavy atom. The van der Waals surface area contributed by atoms with Crippen LogP contribution < -0.4 is 14.8 Å². The maximum Gasteiger partial charge on any atom is 0.416 e. The average Bonchev–Trinajstić information content (AvgIpc) is 2.62. The zero-order chi connectivity index (χ0) is 19.0. The summed E-state index contributed by atoms with van der Waals surface area (Å²) in [6.07, 6.45) is -3.71. The van der Waals surface area contributed by atoms with Crippen molar-refractivity contribution in [2.45, 2.75) is 19.0 Å². The van der Waals surface area contributed by atoms with E-state index < -0.39 is 11.7 Å². The third-order valence-corrected chi connectivity index (χ3v) is 3.67. The number of alkyl halides is 3. The fraction of sp³-hybridized carbons (Fsp3) is 0.316. The lowest BCUT2D eigenvalue weighted by Crippen LogP contribution is -2.27. The minimum absolute atomic E-state index is 0.172. The fourth-order valence-electron chi connectivity index (χ4n) is 2.29. The van der Waals surface area contributed by atoms with Crippen LogP contribution in [-0.2, 0) is 17.4 Å². The Balaban J connectivity index is 1.69. The maximum atomic E-state index is 12.5. The number of para-hydroxylation sites is 2. The van der Waals surface area contributed by atoms with Crippen molar-refractivity contribution in [3.05, 3.63) is 59.7 Å². The van der Waals surface area contributed by atoms with E-state index in [-0.39, 0.29) is 18.9 Å². The molecule has 1 amide bonds. The first-order valence-electron chi connectivity index (χ1n) is 8.09. The van der Waals surface area contributed by atoms with Gasteiger partial charge < -0.3 is 14.8 Å². The Labute approximate surface area is 149 Å². The van der Waals surface area contributed by atoms with Gasteiger partial charge in [0.25, 0.3) is 0 Å². The number of hydrogen-bond donors (Lipinski definition) is 1. The Morgan fingerprint density at radius 3 is 2.31 bits per heavy atom. The van der Waals surface area contributed by atoms with Crippen molar-refractivity contribution in [2.75, 3.05) is 20.3 Å². The van der Waals surface area contributed by atoms with Gasteiger partial charge in [0, 0.05) is 6.54 Å². The second-order valence-corrected chi connectivity index (χ2v) is 5.54. The molecule has 0 atom stereocenters. The van der Waals surface area contributed by atoms with E-state index in [0.29, 0.717) is 24.5 Å². The van der Waals surface area contributed by atoms with Gasteiger partial charge in [-0.15, -0.1) is 0 Å². The van der Waals surface area contributed by atoms with Crippen LogP contribution in [0.1, 0.15) is 17.5 Å². The standard InChI is InChI=1S/C19H20F3NO3/c1-25-16-4-2-3-5-17(16)26-13-11-18(24)23-12-10-14-6-8-15(9-7-14)19(20,21)22/h2-9H,10-13H2,1H3,(H,23,24). The smallest absolute Gasteiger partial charge is 0.416 e. The molecule has 140 valence electrons. The van der Waals surface area contributed by atoms with Crippen LogP contribution in [0.5, 0.6) is 11.5 Å². The monoisotopic (exact) mass is 367 g/mol. The van der Waals surface area contributed by atoms with Gasteiger partial charge in [-0.05, 0) is 36.2 Å². The molecule has 0 spiro atoms. The molecule has 1 N–H and O–H groups in total. The van der Waals surface area contributed by atoms with Crippen LogP contribution >= 0.6 is 0 Å². The summed E-state index contributed by atoms with van der Waals surface area (Å²) >= 11 is 0. The highest BCUT2D eigenvalue weighted by atomic mass is 19.4. The fourth-order valence-corrected chi connectivity index (χ4v) is 2.29. The van der Waals surface area contributed by atoms with Gasteiger partial charge in [0.2, 0.25) is 5.91 Å². The minimum atomic E-state index is -4.34. The van der Waals surface area contributed by atoms with Crippen LogP contribution in [0.3, 0.4) is 0 Å². The Kier molecular flexibility index (Phi) is 6.89. The second-order valence-electron chi connectivity index (χ2n) is 5.54. The molecule has 0 fully saturated rings. The van der Waals surface area contributed by atoms with Gasteiger partial charge in [-0.1, -0.05) is 24.3 Å². The normalized spacial score (nSPS) is 11.1. The van der Waals surface area contributed by atoms with Crippen molar-refractivity contribution < 1.29 is 27.4 Å². The van der Waals surface area contributed by atoms with Crippen LogP contribution in [0.4, 0.5) is 13.2 Å². The number of amides is 1. The van der Waals surface area contributed by atoms with E-state index in [0.717, 1.165) is 17.7 Å². The highest BCUT2D eigenvalue weighted by Gasteiger charge is 2.29. The van der Waals surface area contributed by atoms with E-state index in [1.807, 2.05) is 12.1 Å². The summed E-state index contributed by atoms with van der Waals surface area (Å²) in [5.41, 5.74) is 0.0438. The summed E-state index contributed by atoms with van der Waals surface area (Å²) in [5, 5.41) is 2.72. The Hall–Kier alpha value is -2.70. The van der Waals surface area contributed by atoms with E-state index in [9.17, 15) is 18.0 Å². The van der Waals surface area contributed by atoms with Crippen molar-refractivity contribution in [1.29, 1.82) is 0 Å². The van der Waals surface area contributed by atoms with Crippen molar-refractivity contribution in [1.82, 2.24) is 5.32 Å². The Bertz CT molecular complexity index is 715. The largest absolute Gasteiger partial charge is 0.493 e.